The molecule has 3 saturated heterocycles. The summed E-state index contributed by atoms with van der Waals surface area (Å²) in [5.41, 5.74) is 4.39. The summed E-state index contributed by atoms with van der Waals surface area (Å²) in [6.45, 7) is 2.90. The van der Waals surface area contributed by atoms with E-state index in [0.717, 1.165) is 0 Å². The third kappa shape index (κ3) is 5.88. The highest BCUT2D eigenvalue weighted by molar-refractivity contribution is 5.92. The van der Waals surface area contributed by atoms with Crippen molar-refractivity contribution in [3.8, 4) is 0 Å². The van der Waals surface area contributed by atoms with Gasteiger partial charge in [-0.15, -0.1) is 13.2 Å². The smallest absolute Gasteiger partial charge is 0.367 e. The van der Waals surface area contributed by atoms with Gasteiger partial charge in [-0.1, -0.05) is 13.8 Å². The summed E-state index contributed by atoms with van der Waals surface area (Å²) in [5, 5.41) is 5.19. The Bertz CT molecular complexity index is 820. The van der Waals surface area contributed by atoms with E-state index in [2.05, 4.69) is 15.4 Å². The van der Waals surface area contributed by atoms with E-state index < -0.39 is 60.0 Å². The predicted molar refractivity (Wildman–Crippen MR) is 112 cm³/mol. The van der Waals surface area contributed by atoms with Crippen molar-refractivity contribution in [2.45, 2.75) is 76.5 Å². The zero-order valence-electron chi connectivity index (χ0n) is 19.3. The van der Waals surface area contributed by atoms with Crippen molar-refractivity contribution in [3.05, 3.63) is 0 Å². The molecule has 0 aromatic carbocycles. The Balaban J connectivity index is 1.80. The Labute approximate surface area is 195 Å². The number of nitrogens with two attached hydrogens (primary N) is 1. The summed E-state index contributed by atoms with van der Waals surface area (Å²) in [6, 6.07) is -1.35. The normalized spacial score (nSPS) is 30.3. The van der Waals surface area contributed by atoms with E-state index >= 15 is 0 Å². The van der Waals surface area contributed by atoms with E-state index in [4.69, 9.17) is 10.5 Å². The molecule has 0 saturated carbocycles. The monoisotopic (exact) mass is 491 g/mol. The topological polar surface area (TPSA) is 137 Å². The van der Waals surface area contributed by atoms with E-state index in [0.29, 0.717) is 38.6 Å². The summed E-state index contributed by atoms with van der Waals surface area (Å²) in [6.07, 6.45) is -3.08. The number of hydrogen-bond acceptors (Lipinski definition) is 6. The van der Waals surface area contributed by atoms with E-state index in [9.17, 15) is 32.3 Å². The molecule has 0 aromatic rings. The van der Waals surface area contributed by atoms with E-state index in [1.165, 1.54) is 0 Å². The predicted octanol–water partition coefficient (Wildman–Crippen LogP) is 1.19. The number of fused-ring (bicyclic) bond motifs is 2. The summed E-state index contributed by atoms with van der Waals surface area (Å²) in [5.74, 6) is -4.35. The minimum Gasteiger partial charge on any atom is -0.367 e. The summed E-state index contributed by atoms with van der Waals surface area (Å²) in [4.78, 5) is 50.4. The number of carbonyl (C=O) groups is 4. The first-order chi connectivity index (χ1) is 15.8. The average molecular weight is 492 g/mol. The molecule has 3 amide bonds. The van der Waals surface area contributed by atoms with Gasteiger partial charge in [0.1, 0.15) is 6.61 Å². The molecule has 3 rings (SSSR count). The van der Waals surface area contributed by atoms with E-state index in [1.807, 2.05) is 13.8 Å². The van der Waals surface area contributed by atoms with Gasteiger partial charge in [0, 0.05) is 24.3 Å². The largest absolute Gasteiger partial charge is 0.522 e. The maximum atomic E-state index is 13.4. The number of amides is 3. The molecule has 9 nitrogen and oxygen atoms in total. The molecule has 0 radical (unpaired) electrons. The van der Waals surface area contributed by atoms with Gasteiger partial charge >= 0.3 is 6.36 Å². The first kappa shape index (κ1) is 26.4. The maximum absolute atomic E-state index is 13.4. The number of rotatable bonds is 11. The summed E-state index contributed by atoms with van der Waals surface area (Å²) in [7, 11) is 0. The van der Waals surface area contributed by atoms with Crippen LogP contribution in [-0.4, -0.2) is 60.8 Å². The van der Waals surface area contributed by atoms with Crippen LogP contribution in [0.25, 0.3) is 0 Å². The van der Waals surface area contributed by atoms with Crippen LogP contribution >= 0.6 is 0 Å². The van der Waals surface area contributed by atoms with Crippen LogP contribution < -0.4 is 16.4 Å². The third-order valence-electron chi connectivity index (χ3n) is 7.06. The van der Waals surface area contributed by atoms with E-state index in [-0.39, 0.29) is 24.3 Å². The molecule has 192 valence electrons. The second kappa shape index (κ2) is 10.2. The van der Waals surface area contributed by atoms with Gasteiger partial charge in [-0.05, 0) is 44.4 Å². The van der Waals surface area contributed by atoms with Crippen LogP contribution in [0.15, 0.2) is 0 Å². The van der Waals surface area contributed by atoms with Crippen LogP contribution in [0.1, 0.15) is 52.4 Å². The number of primary amides is 1. The third-order valence-corrected chi connectivity index (χ3v) is 7.06. The Hall–Kier alpha value is -2.21. The van der Waals surface area contributed by atoms with Crippen molar-refractivity contribution in [2.24, 2.45) is 29.4 Å². The lowest BCUT2D eigenvalue weighted by molar-refractivity contribution is -0.321. The molecule has 0 aliphatic carbocycles. The van der Waals surface area contributed by atoms with E-state index in [1.54, 1.807) is 0 Å². The highest BCUT2D eigenvalue weighted by Gasteiger charge is 2.60. The zero-order chi connectivity index (χ0) is 25.3. The van der Waals surface area contributed by atoms with Gasteiger partial charge in [-0.25, -0.2) is 0 Å². The van der Waals surface area contributed by atoms with Gasteiger partial charge in [-0.2, -0.15) is 0 Å². The highest BCUT2D eigenvalue weighted by Crippen LogP contribution is 2.51. The molecule has 3 unspecified atom stereocenters. The van der Waals surface area contributed by atoms with Crippen molar-refractivity contribution in [2.75, 3.05) is 13.2 Å². The van der Waals surface area contributed by atoms with Crippen molar-refractivity contribution < 1.29 is 41.8 Å². The van der Waals surface area contributed by atoms with Gasteiger partial charge in [0.25, 0.3) is 0 Å². The fourth-order valence-corrected chi connectivity index (χ4v) is 5.48. The van der Waals surface area contributed by atoms with Crippen molar-refractivity contribution >= 4 is 23.5 Å². The number of Topliss-reactive ketones (excluding diaryl/α,β-unsaturated/α-hetero) is 1. The van der Waals surface area contributed by atoms with Crippen molar-refractivity contribution in [3.63, 3.8) is 0 Å². The van der Waals surface area contributed by atoms with Gasteiger partial charge in [-0.3, -0.25) is 23.9 Å². The van der Waals surface area contributed by atoms with Gasteiger partial charge in [0.15, 0.2) is 11.4 Å². The molecule has 6 atom stereocenters. The number of carbonyl (C=O) groups excluding carboxylic acids is 4. The number of ether oxygens (including phenoxy) is 2. The Morgan fingerprint density at radius 1 is 1.29 bits per heavy atom. The molecule has 0 aromatic heterocycles. The number of nitrogens with one attached hydrogen (secondary N) is 2. The molecular weight excluding hydrogens is 459 g/mol. The summed E-state index contributed by atoms with van der Waals surface area (Å²) < 4.78 is 47.1. The molecule has 3 aliphatic heterocycles. The fraction of sp³-hybridized carbons (Fsp3) is 0.818. The SMILES string of the molecule is CC(C)C[C@H](C(=O)N[C@@H](C[C@@H]1CCNC1=O)C(=O)COC(F)(F)F)C1CC2CCC1(C(N)=O)O2. The maximum Gasteiger partial charge on any atom is 0.522 e. The van der Waals surface area contributed by atoms with Crippen LogP contribution in [-0.2, 0) is 28.7 Å². The van der Waals surface area contributed by atoms with Crippen molar-refractivity contribution in [1.29, 1.82) is 0 Å². The zero-order valence-corrected chi connectivity index (χ0v) is 19.3. The molecule has 3 aliphatic rings. The lowest BCUT2D eigenvalue weighted by atomic mass is 9.69. The van der Waals surface area contributed by atoms with Crippen LogP contribution in [0.3, 0.4) is 0 Å². The molecular formula is C22H32F3N3O6. The Kier molecular flexibility index (Phi) is 7.91. The standard InChI is InChI=1S/C22H32F3N3O6/c1-11(2)7-14(15-9-13-3-5-21(15,34-13)20(26)32)19(31)28-16(8-12-4-6-27-18(12)30)17(29)10-33-22(23,24)25/h11-16H,3-10H2,1-2H3,(H2,26,32)(H,27,30)(H,28,31)/t12-,13?,14-,15?,16-,21?/m0/s1. The number of hydrogen-bond donors (Lipinski definition) is 3. The van der Waals surface area contributed by atoms with Gasteiger partial charge in [0.05, 0.1) is 12.1 Å². The van der Waals surface area contributed by atoms with Crippen molar-refractivity contribution in [1.82, 2.24) is 10.6 Å². The second-order valence-electron chi connectivity index (χ2n) is 9.88. The van der Waals surface area contributed by atoms with Crippen LogP contribution in [0.2, 0.25) is 0 Å². The first-order valence-electron chi connectivity index (χ1n) is 11.6. The lowest BCUT2D eigenvalue weighted by Crippen LogP contribution is -2.54. The number of alkyl halides is 3. The quantitative estimate of drug-likeness (QED) is 0.397. The average Bonchev–Trinajstić information content (AvgIpc) is 3.44. The molecule has 2 bridgehead atoms. The van der Waals surface area contributed by atoms with Gasteiger partial charge < -0.3 is 21.1 Å². The van der Waals surface area contributed by atoms with Crippen LogP contribution in [0, 0.1) is 23.7 Å². The minimum atomic E-state index is -5.01. The number of halogens is 3. The lowest BCUT2D eigenvalue weighted by Gasteiger charge is -2.36. The molecule has 12 heteroatoms. The fourth-order valence-electron chi connectivity index (χ4n) is 5.48. The first-order valence-corrected chi connectivity index (χ1v) is 11.6. The molecule has 0 spiro atoms. The minimum absolute atomic E-state index is 0.0446. The van der Waals surface area contributed by atoms with Crippen LogP contribution in [0.4, 0.5) is 13.2 Å². The molecule has 3 fully saturated rings. The summed E-state index contributed by atoms with van der Waals surface area (Å²) >= 11 is 0. The number of ketones is 1. The Morgan fingerprint density at radius 3 is 2.53 bits per heavy atom. The van der Waals surface area contributed by atoms with Gasteiger partial charge in [0.2, 0.25) is 17.7 Å². The second-order valence-corrected chi connectivity index (χ2v) is 9.88. The molecule has 4 N–H and O–H groups in total. The highest BCUT2D eigenvalue weighted by atomic mass is 19.4. The molecule has 3 heterocycles. The molecule has 34 heavy (non-hydrogen) atoms. The Morgan fingerprint density at radius 2 is 2.00 bits per heavy atom. The van der Waals surface area contributed by atoms with Crippen LogP contribution in [0.5, 0.6) is 0 Å².